The molecule has 2 unspecified atom stereocenters. The molecule has 0 amide bonds. The van der Waals surface area contributed by atoms with Gasteiger partial charge in [-0.25, -0.2) is 0 Å². The van der Waals surface area contributed by atoms with E-state index in [2.05, 4.69) is 29.6 Å². The molecule has 1 aromatic carbocycles. The summed E-state index contributed by atoms with van der Waals surface area (Å²) >= 11 is 0. The first-order valence-electron chi connectivity index (χ1n) is 9.20. The molecule has 0 heterocycles. The van der Waals surface area contributed by atoms with Crippen molar-refractivity contribution in [1.82, 2.24) is 5.32 Å². The molecule has 23 heavy (non-hydrogen) atoms. The highest BCUT2D eigenvalue weighted by Gasteiger charge is 2.44. The lowest BCUT2D eigenvalue weighted by Crippen LogP contribution is -2.46. The van der Waals surface area contributed by atoms with Crippen LogP contribution in [0.4, 0.5) is 0 Å². The number of carbonyl (C=O) groups is 1. The van der Waals surface area contributed by atoms with Crippen molar-refractivity contribution in [3.63, 3.8) is 0 Å². The first kappa shape index (κ1) is 16.5. The Kier molecular flexibility index (Phi) is 5.37. The van der Waals surface area contributed by atoms with Crippen LogP contribution in [0.5, 0.6) is 0 Å². The van der Waals surface area contributed by atoms with Gasteiger partial charge in [-0.05, 0) is 49.5 Å². The first-order valence-corrected chi connectivity index (χ1v) is 9.20. The third-order valence-electron chi connectivity index (χ3n) is 5.97. The maximum atomic E-state index is 11.0. The van der Waals surface area contributed by atoms with Gasteiger partial charge in [0.15, 0.2) is 0 Å². The Morgan fingerprint density at radius 1 is 1.17 bits per heavy atom. The van der Waals surface area contributed by atoms with Gasteiger partial charge >= 0.3 is 5.97 Å². The summed E-state index contributed by atoms with van der Waals surface area (Å²) < 4.78 is 0. The molecule has 2 atom stereocenters. The summed E-state index contributed by atoms with van der Waals surface area (Å²) in [4.78, 5) is 11.0. The largest absolute Gasteiger partial charge is 0.481 e. The molecule has 0 saturated heterocycles. The number of hydrogen-bond acceptors (Lipinski definition) is 2. The SMILES string of the molecule is O=C(O)CCC(Cc1ccccc1)NC1CCCC12CCCC2. The molecule has 0 bridgehead atoms. The van der Waals surface area contributed by atoms with E-state index >= 15 is 0 Å². The number of benzene rings is 1. The summed E-state index contributed by atoms with van der Waals surface area (Å²) in [6.45, 7) is 0. The van der Waals surface area contributed by atoms with Crippen molar-refractivity contribution in [2.45, 2.75) is 76.3 Å². The lowest BCUT2D eigenvalue weighted by atomic mass is 9.80. The van der Waals surface area contributed by atoms with Crippen LogP contribution in [0.3, 0.4) is 0 Å². The number of rotatable bonds is 7. The van der Waals surface area contributed by atoms with Gasteiger partial charge in [-0.15, -0.1) is 0 Å². The maximum Gasteiger partial charge on any atom is 0.303 e. The molecule has 0 aromatic heterocycles. The molecule has 126 valence electrons. The lowest BCUT2D eigenvalue weighted by molar-refractivity contribution is -0.137. The Morgan fingerprint density at radius 2 is 1.87 bits per heavy atom. The monoisotopic (exact) mass is 315 g/mol. The summed E-state index contributed by atoms with van der Waals surface area (Å²) in [5.74, 6) is -0.688. The van der Waals surface area contributed by atoms with E-state index in [0.29, 0.717) is 11.5 Å². The topological polar surface area (TPSA) is 49.3 Å². The summed E-state index contributed by atoms with van der Waals surface area (Å²) in [7, 11) is 0. The fourth-order valence-electron chi connectivity index (χ4n) is 4.80. The van der Waals surface area contributed by atoms with Crippen molar-refractivity contribution >= 4 is 5.97 Å². The van der Waals surface area contributed by atoms with Crippen molar-refractivity contribution in [2.75, 3.05) is 0 Å². The van der Waals surface area contributed by atoms with E-state index in [1.165, 1.54) is 50.5 Å². The van der Waals surface area contributed by atoms with Gasteiger partial charge in [0.1, 0.15) is 0 Å². The Balaban J connectivity index is 1.66. The Labute approximate surface area is 139 Å². The molecule has 2 aliphatic rings. The lowest BCUT2D eigenvalue weighted by Gasteiger charge is -2.35. The minimum absolute atomic E-state index is 0.254. The molecule has 3 nitrogen and oxygen atoms in total. The molecule has 0 aliphatic heterocycles. The molecule has 3 rings (SSSR count). The molecule has 2 fully saturated rings. The highest BCUT2D eigenvalue weighted by molar-refractivity contribution is 5.66. The third-order valence-corrected chi connectivity index (χ3v) is 5.97. The molecule has 3 heteroatoms. The normalized spacial score (nSPS) is 24.1. The second kappa shape index (κ2) is 7.48. The van der Waals surface area contributed by atoms with Crippen LogP contribution in [-0.2, 0) is 11.2 Å². The van der Waals surface area contributed by atoms with Gasteiger partial charge < -0.3 is 10.4 Å². The van der Waals surface area contributed by atoms with E-state index in [1.54, 1.807) is 0 Å². The number of hydrogen-bond donors (Lipinski definition) is 2. The van der Waals surface area contributed by atoms with Crippen molar-refractivity contribution in [3.8, 4) is 0 Å². The van der Waals surface area contributed by atoms with Crippen LogP contribution in [0.2, 0.25) is 0 Å². The van der Waals surface area contributed by atoms with E-state index in [1.807, 2.05) is 6.07 Å². The van der Waals surface area contributed by atoms with Gasteiger partial charge in [0.2, 0.25) is 0 Å². The minimum atomic E-state index is -0.688. The molecular weight excluding hydrogens is 286 g/mol. The van der Waals surface area contributed by atoms with Crippen molar-refractivity contribution in [3.05, 3.63) is 35.9 Å². The van der Waals surface area contributed by atoms with Crippen LogP contribution in [0.15, 0.2) is 30.3 Å². The van der Waals surface area contributed by atoms with Crippen molar-refractivity contribution < 1.29 is 9.90 Å². The van der Waals surface area contributed by atoms with E-state index in [9.17, 15) is 4.79 Å². The molecule has 1 spiro atoms. The Bertz CT molecular complexity index is 502. The maximum absolute atomic E-state index is 11.0. The summed E-state index contributed by atoms with van der Waals surface area (Å²) in [5, 5.41) is 13.0. The van der Waals surface area contributed by atoms with Crippen LogP contribution in [0.25, 0.3) is 0 Å². The molecule has 2 N–H and O–H groups in total. The van der Waals surface area contributed by atoms with Crippen LogP contribution in [0, 0.1) is 5.41 Å². The van der Waals surface area contributed by atoms with E-state index in [0.717, 1.165) is 12.8 Å². The van der Waals surface area contributed by atoms with Gasteiger partial charge in [0.05, 0.1) is 0 Å². The Hall–Kier alpha value is -1.35. The van der Waals surface area contributed by atoms with Crippen molar-refractivity contribution in [2.24, 2.45) is 5.41 Å². The van der Waals surface area contributed by atoms with Crippen LogP contribution in [-0.4, -0.2) is 23.2 Å². The molecule has 2 saturated carbocycles. The van der Waals surface area contributed by atoms with Gasteiger partial charge in [0.25, 0.3) is 0 Å². The second-order valence-corrected chi connectivity index (χ2v) is 7.50. The average molecular weight is 315 g/mol. The number of nitrogens with one attached hydrogen (secondary N) is 1. The van der Waals surface area contributed by atoms with Gasteiger partial charge in [0, 0.05) is 18.5 Å². The quantitative estimate of drug-likeness (QED) is 0.794. The molecular formula is C20H29NO2. The number of aliphatic carboxylic acids is 1. The van der Waals surface area contributed by atoms with Gasteiger partial charge in [-0.2, -0.15) is 0 Å². The summed E-state index contributed by atoms with van der Waals surface area (Å²) in [5.41, 5.74) is 1.81. The predicted molar refractivity (Wildman–Crippen MR) is 92.5 cm³/mol. The summed E-state index contributed by atoms with van der Waals surface area (Å²) in [6.07, 6.45) is 11.3. The van der Waals surface area contributed by atoms with E-state index < -0.39 is 5.97 Å². The zero-order valence-corrected chi connectivity index (χ0v) is 14.0. The Morgan fingerprint density at radius 3 is 2.57 bits per heavy atom. The highest BCUT2D eigenvalue weighted by Crippen LogP contribution is 2.50. The summed E-state index contributed by atoms with van der Waals surface area (Å²) in [6, 6.07) is 11.3. The van der Waals surface area contributed by atoms with E-state index in [4.69, 9.17) is 5.11 Å². The predicted octanol–water partition coefficient (Wildman–Crippen LogP) is 4.17. The number of carboxylic acid groups (broad SMARTS) is 1. The van der Waals surface area contributed by atoms with Crippen LogP contribution < -0.4 is 5.32 Å². The minimum Gasteiger partial charge on any atom is -0.481 e. The molecule has 1 aromatic rings. The zero-order valence-electron chi connectivity index (χ0n) is 14.0. The van der Waals surface area contributed by atoms with Gasteiger partial charge in [-0.3, -0.25) is 4.79 Å². The fourth-order valence-corrected chi connectivity index (χ4v) is 4.80. The fraction of sp³-hybridized carbons (Fsp3) is 0.650. The standard InChI is InChI=1S/C20H29NO2/c22-19(23)11-10-17(15-16-7-2-1-3-8-16)21-18-9-6-14-20(18)12-4-5-13-20/h1-3,7-8,17-18,21H,4-6,9-15H2,(H,22,23). The zero-order chi connectivity index (χ0) is 16.1. The third kappa shape index (κ3) is 4.14. The highest BCUT2D eigenvalue weighted by atomic mass is 16.4. The van der Waals surface area contributed by atoms with Crippen LogP contribution in [0.1, 0.15) is 63.4 Å². The molecule has 2 aliphatic carbocycles. The van der Waals surface area contributed by atoms with Crippen LogP contribution >= 0.6 is 0 Å². The van der Waals surface area contributed by atoms with E-state index in [-0.39, 0.29) is 12.5 Å². The van der Waals surface area contributed by atoms with Gasteiger partial charge in [-0.1, -0.05) is 49.6 Å². The van der Waals surface area contributed by atoms with Crippen molar-refractivity contribution in [1.29, 1.82) is 0 Å². The smallest absolute Gasteiger partial charge is 0.303 e. The first-order chi connectivity index (χ1) is 11.2. The number of carboxylic acids is 1. The average Bonchev–Trinajstić information content (AvgIpc) is 3.17. The molecule has 0 radical (unpaired) electrons. The second-order valence-electron chi connectivity index (χ2n) is 7.50.